The van der Waals surface area contributed by atoms with Crippen molar-refractivity contribution in [3.8, 4) is 0 Å². The van der Waals surface area contributed by atoms with Gasteiger partial charge in [0.15, 0.2) is 0 Å². The molecule has 1 aliphatic heterocycles. The molecule has 1 aliphatic carbocycles. The Morgan fingerprint density at radius 1 is 1.39 bits per heavy atom. The van der Waals surface area contributed by atoms with Crippen molar-refractivity contribution in [1.82, 2.24) is 4.98 Å². The molecule has 1 aromatic carbocycles. The van der Waals surface area contributed by atoms with E-state index < -0.39 is 30.4 Å². The number of rotatable bonds is 5. The molecule has 1 aromatic heterocycles. The number of aromatic nitrogens is 1. The Morgan fingerprint density at radius 2 is 2.18 bits per heavy atom. The third-order valence-electron chi connectivity index (χ3n) is 6.07. The number of hydrogen-bond acceptors (Lipinski definition) is 5. The van der Waals surface area contributed by atoms with E-state index in [9.17, 15) is 18.2 Å². The summed E-state index contributed by atoms with van der Waals surface area (Å²) in [6.07, 6.45) is 2.51. The number of allylic oxidation sites excluding steroid dienone is 1. The summed E-state index contributed by atoms with van der Waals surface area (Å²) >= 11 is 0. The fourth-order valence-electron chi connectivity index (χ4n) is 4.16. The summed E-state index contributed by atoms with van der Waals surface area (Å²) in [6, 6.07) is 7.01. The zero-order valence-corrected chi connectivity index (χ0v) is 17.9. The highest BCUT2D eigenvalue weighted by molar-refractivity contribution is 6.61. The molecular formula is C23H23BF3N3O3. The van der Waals surface area contributed by atoms with Crippen molar-refractivity contribution in [1.29, 1.82) is 5.41 Å². The van der Waals surface area contributed by atoms with E-state index in [-0.39, 0.29) is 17.9 Å². The van der Waals surface area contributed by atoms with Crippen LogP contribution in [0, 0.1) is 10.8 Å². The van der Waals surface area contributed by atoms with Crippen LogP contribution in [0.4, 0.5) is 13.2 Å². The molecule has 172 valence electrons. The maximum Gasteiger partial charge on any atom is 0.491 e. The van der Waals surface area contributed by atoms with Crippen molar-refractivity contribution in [2.45, 2.75) is 38.7 Å². The molecule has 4 N–H and O–H groups in total. The van der Waals surface area contributed by atoms with Gasteiger partial charge in [0.05, 0.1) is 17.2 Å². The number of nitrogens with zero attached hydrogens (tertiary/aromatic N) is 1. The molecule has 2 aliphatic rings. The second kappa shape index (κ2) is 8.68. The van der Waals surface area contributed by atoms with Gasteiger partial charge in [-0.25, -0.2) is 0 Å². The summed E-state index contributed by atoms with van der Waals surface area (Å²) < 4.78 is 51.0. The van der Waals surface area contributed by atoms with Gasteiger partial charge >= 0.3 is 13.3 Å². The first-order valence-corrected chi connectivity index (χ1v) is 10.4. The fraction of sp³-hybridized carbons (Fsp3) is 0.304. The molecule has 0 saturated heterocycles. The smallest absolute Gasteiger partial charge is 0.491 e. The lowest BCUT2D eigenvalue weighted by molar-refractivity contribution is -0.137. The van der Waals surface area contributed by atoms with Gasteiger partial charge in [-0.1, -0.05) is 31.2 Å². The number of hydrogen-bond donors (Lipinski definition) is 3. The zero-order valence-electron chi connectivity index (χ0n) is 17.9. The van der Waals surface area contributed by atoms with Gasteiger partial charge in [0.25, 0.3) is 0 Å². The lowest BCUT2D eigenvalue weighted by atomic mass is 9.66. The molecule has 0 bridgehead atoms. The van der Waals surface area contributed by atoms with Gasteiger partial charge in [0, 0.05) is 29.8 Å². The van der Waals surface area contributed by atoms with E-state index in [4.69, 9.17) is 20.5 Å². The standard InChI is InChI=1S/C23H23BF3N3O3/c1-22(20-9-15-4-5-16(23(25,26)27)10-18(15)24(31)33-20)7-6-17(21(28)29)19(11-22)32-13-14-3-2-8-30-12-14/h2-8,10,12,20,31H,9,11,13H2,1H3,(H3,28,29)/t20-,22?/m0/s1. The first-order valence-electron chi connectivity index (χ1n) is 10.4. The minimum Gasteiger partial charge on any atom is -0.492 e. The molecule has 2 atom stereocenters. The molecule has 0 fully saturated rings. The number of benzene rings is 1. The van der Waals surface area contributed by atoms with Gasteiger partial charge < -0.3 is 20.1 Å². The Balaban J connectivity index is 1.57. The number of pyridine rings is 1. The van der Waals surface area contributed by atoms with E-state index >= 15 is 0 Å². The van der Waals surface area contributed by atoms with Crippen LogP contribution in [-0.4, -0.2) is 29.1 Å². The quantitative estimate of drug-likeness (QED) is 0.364. The SMILES string of the molecule is CC1([C@@H]2Cc3ccc(C(F)(F)F)cc3B(O)O2)C=CC(C(=N)N)=C(OCc2cccnc2)C1. The summed E-state index contributed by atoms with van der Waals surface area (Å²) in [6.45, 7) is 2.15. The third kappa shape index (κ3) is 4.81. The average Bonchev–Trinajstić information content (AvgIpc) is 2.77. The lowest BCUT2D eigenvalue weighted by Gasteiger charge is -2.41. The predicted octanol–water partition coefficient (Wildman–Crippen LogP) is 3.10. The lowest BCUT2D eigenvalue weighted by Crippen LogP contribution is -2.51. The van der Waals surface area contributed by atoms with Crippen LogP contribution >= 0.6 is 0 Å². The molecule has 0 saturated carbocycles. The summed E-state index contributed by atoms with van der Waals surface area (Å²) in [5.41, 5.74) is 6.30. The molecule has 33 heavy (non-hydrogen) atoms. The summed E-state index contributed by atoms with van der Waals surface area (Å²) in [5, 5.41) is 18.4. The number of fused-ring (bicyclic) bond motifs is 1. The van der Waals surface area contributed by atoms with Crippen LogP contribution < -0.4 is 11.2 Å². The van der Waals surface area contributed by atoms with Crippen molar-refractivity contribution in [2.24, 2.45) is 11.1 Å². The van der Waals surface area contributed by atoms with Gasteiger partial charge in [-0.3, -0.25) is 10.4 Å². The molecule has 0 radical (unpaired) electrons. The van der Waals surface area contributed by atoms with Crippen molar-refractivity contribution >= 4 is 18.4 Å². The molecule has 2 heterocycles. The maximum absolute atomic E-state index is 13.1. The number of amidine groups is 1. The Kier molecular flexibility index (Phi) is 6.07. The molecule has 6 nitrogen and oxygen atoms in total. The second-order valence-corrected chi connectivity index (χ2v) is 8.51. The van der Waals surface area contributed by atoms with Crippen LogP contribution in [0.2, 0.25) is 0 Å². The van der Waals surface area contributed by atoms with Gasteiger partial charge in [-0.05, 0) is 35.6 Å². The zero-order chi connectivity index (χ0) is 23.8. The van der Waals surface area contributed by atoms with E-state index in [1.54, 1.807) is 24.5 Å². The fourth-order valence-corrected chi connectivity index (χ4v) is 4.16. The third-order valence-corrected chi connectivity index (χ3v) is 6.07. The van der Waals surface area contributed by atoms with Crippen molar-refractivity contribution in [3.63, 3.8) is 0 Å². The maximum atomic E-state index is 13.1. The minimum atomic E-state index is -4.50. The van der Waals surface area contributed by atoms with Crippen LogP contribution in [0.15, 0.2) is 66.2 Å². The number of ether oxygens (including phenoxy) is 1. The number of nitrogens with two attached hydrogens (primary N) is 1. The topological polar surface area (TPSA) is 101 Å². The van der Waals surface area contributed by atoms with E-state index in [1.807, 2.05) is 19.1 Å². The summed E-state index contributed by atoms with van der Waals surface area (Å²) in [4.78, 5) is 4.06. The number of nitrogens with one attached hydrogen (secondary N) is 1. The monoisotopic (exact) mass is 457 g/mol. The summed E-state index contributed by atoms with van der Waals surface area (Å²) in [7, 11) is -1.48. The Morgan fingerprint density at radius 3 is 2.85 bits per heavy atom. The minimum absolute atomic E-state index is 0.123. The number of alkyl halides is 3. The van der Waals surface area contributed by atoms with Crippen molar-refractivity contribution < 1.29 is 27.6 Å². The van der Waals surface area contributed by atoms with Crippen LogP contribution in [0.1, 0.15) is 30.0 Å². The molecule has 10 heteroatoms. The van der Waals surface area contributed by atoms with Gasteiger partial charge in [0.1, 0.15) is 18.2 Å². The Labute approximate surface area is 189 Å². The molecular weight excluding hydrogens is 434 g/mol. The predicted molar refractivity (Wildman–Crippen MR) is 117 cm³/mol. The van der Waals surface area contributed by atoms with Crippen molar-refractivity contribution in [3.05, 3.63) is 82.9 Å². The van der Waals surface area contributed by atoms with Gasteiger partial charge in [-0.2, -0.15) is 13.2 Å². The molecule has 1 unspecified atom stereocenters. The molecule has 4 rings (SSSR count). The highest BCUT2D eigenvalue weighted by atomic mass is 19.4. The van der Waals surface area contributed by atoms with Gasteiger partial charge in [-0.15, -0.1) is 0 Å². The van der Waals surface area contributed by atoms with E-state index in [0.717, 1.165) is 17.7 Å². The number of halogens is 3. The molecule has 2 aromatic rings. The molecule has 0 spiro atoms. The average molecular weight is 457 g/mol. The van der Waals surface area contributed by atoms with E-state index in [2.05, 4.69) is 4.98 Å². The first-order chi connectivity index (χ1) is 15.6. The van der Waals surface area contributed by atoms with Crippen LogP contribution in [0.5, 0.6) is 0 Å². The van der Waals surface area contributed by atoms with Crippen LogP contribution in [0.3, 0.4) is 0 Å². The van der Waals surface area contributed by atoms with Crippen LogP contribution in [0.25, 0.3) is 0 Å². The highest BCUT2D eigenvalue weighted by Gasteiger charge is 2.44. The normalized spacial score (nSPS) is 22.8. The Bertz CT molecular complexity index is 1120. The molecule has 0 amide bonds. The van der Waals surface area contributed by atoms with Crippen LogP contribution in [-0.2, 0) is 28.6 Å². The Hall–Kier alpha value is -3.11. The van der Waals surface area contributed by atoms with E-state index in [1.165, 1.54) is 6.07 Å². The largest absolute Gasteiger partial charge is 0.492 e. The summed E-state index contributed by atoms with van der Waals surface area (Å²) in [5.74, 6) is 0.372. The first kappa shape index (κ1) is 23.1. The highest BCUT2D eigenvalue weighted by Crippen LogP contribution is 2.41. The van der Waals surface area contributed by atoms with Crippen molar-refractivity contribution in [2.75, 3.05) is 0 Å². The second-order valence-electron chi connectivity index (χ2n) is 8.51. The van der Waals surface area contributed by atoms with Gasteiger partial charge in [0.2, 0.25) is 0 Å². The van der Waals surface area contributed by atoms with E-state index in [0.29, 0.717) is 29.7 Å².